The Bertz CT molecular complexity index is 473. The Morgan fingerprint density at radius 1 is 1.45 bits per heavy atom. The van der Waals surface area contributed by atoms with Gasteiger partial charge in [0.05, 0.1) is 6.04 Å². The number of benzene rings is 1. The number of hydrogen-bond donors (Lipinski definition) is 2. The van der Waals surface area contributed by atoms with Crippen molar-refractivity contribution in [1.29, 1.82) is 0 Å². The molecule has 1 heterocycles. The summed E-state index contributed by atoms with van der Waals surface area (Å²) in [5.41, 5.74) is 9.38. The second-order valence-electron chi connectivity index (χ2n) is 5.56. The normalized spacial score (nSPS) is 19.9. The summed E-state index contributed by atoms with van der Waals surface area (Å²) in [5, 5.41) is 2.79. The molecule has 4 heteroatoms. The monoisotopic (exact) mass is 275 g/mol. The Kier molecular flexibility index (Phi) is 5.15. The third-order valence-electron chi connectivity index (χ3n) is 4.18. The Morgan fingerprint density at radius 3 is 2.90 bits per heavy atom. The van der Waals surface area contributed by atoms with Gasteiger partial charge in [-0.3, -0.25) is 9.69 Å². The van der Waals surface area contributed by atoms with Gasteiger partial charge in [0.15, 0.2) is 0 Å². The van der Waals surface area contributed by atoms with Crippen LogP contribution in [0.3, 0.4) is 0 Å². The maximum absolute atomic E-state index is 12.0. The van der Waals surface area contributed by atoms with Gasteiger partial charge in [-0.1, -0.05) is 24.6 Å². The molecule has 0 saturated carbocycles. The lowest BCUT2D eigenvalue weighted by atomic mass is 9.98. The number of likely N-dealkylation sites (tertiary alicyclic amines) is 1. The second-order valence-corrected chi connectivity index (χ2v) is 5.56. The van der Waals surface area contributed by atoms with Crippen LogP contribution in [0, 0.1) is 6.92 Å². The number of nitrogens with zero attached hydrogens (tertiary/aromatic N) is 1. The minimum Gasteiger partial charge on any atom is -0.358 e. The molecule has 1 amide bonds. The van der Waals surface area contributed by atoms with Crippen LogP contribution < -0.4 is 11.1 Å². The van der Waals surface area contributed by atoms with Crippen LogP contribution in [-0.2, 0) is 17.9 Å². The lowest BCUT2D eigenvalue weighted by Crippen LogP contribution is -2.48. The van der Waals surface area contributed by atoms with Crippen LogP contribution >= 0.6 is 0 Å². The molecular formula is C16H25N3O. The number of nitrogens with two attached hydrogens (primary N) is 1. The Hall–Kier alpha value is -1.39. The minimum absolute atomic E-state index is 0.0161. The molecule has 0 radical (unpaired) electrons. The van der Waals surface area contributed by atoms with Gasteiger partial charge in [-0.15, -0.1) is 0 Å². The van der Waals surface area contributed by atoms with Crippen LogP contribution in [0.15, 0.2) is 18.2 Å². The molecule has 0 bridgehead atoms. The van der Waals surface area contributed by atoms with Crippen molar-refractivity contribution in [3.8, 4) is 0 Å². The highest BCUT2D eigenvalue weighted by Gasteiger charge is 2.28. The largest absolute Gasteiger partial charge is 0.358 e. The number of carbonyl (C=O) groups excluding carboxylic acids is 1. The summed E-state index contributed by atoms with van der Waals surface area (Å²) in [6.07, 6.45) is 3.27. The number of aryl methyl sites for hydroxylation is 1. The van der Waals surface area contributed by atoms with E-state index < -0.39 is 0 Å². The molecule has 1 aliphatic rings. The first-order chi connectivity index (χ1) is 9.65. The molecule has 0 aliphatic carbocycles. The van der Waals surface area contributed by atoms with Crippen molar-refractivity contribution in [3.63, 3.8) is 0 Å². The van der Waals surface area contributed by atoms with E-state index in [9.17, 15) is 4.79 Å². The van der Waals surface area contributed by atoms with Gasteiger partial charge in [-0.2, -0.15) is 0 Å². The highest BCUT2D eigenvalue weighted by atomic mass is 16.2. The number of hydrogen-bond acceptors (Lipinski definition) is 3. The third kappa shape index (κ3) is 3.38. The molecule has 1 aromatic rings. The van der Waals surface area contributed by atoms with E-state index in [1.807, 2.05) is 0 Å². The van der Waals surface area contributed by atoms with E-state index in [1.54, 1.807) is 7.05 Å². The summed E-state index contributed by atoms with van der Waals surface area (Å²) in [6.45, 7) is 4.53. The van der Waals surface area contributed by atoms with Gasteiger partial charge in [-0.05, 0) is 43.0 Å². The summed E-state index contributed by atoms with van der Waals surface area (Å²) in [4.78, 5) is 14.3. The maximum atomic E-state index is 12.0. The molecule has 1 fully saturated rings. The first-order valence-corrected chi connectivity index (χ1v) is 7.40. The summed E-state index contributed by atoms with van der Waals surface area (Å²) >= 11 is 0. The Morgan fingerprint density at radius 2 is 2.25 bits per heavy atom. The highest BCUT2D eigenvalue weighted by Crippen LogP contribution is 2.21. The average molecular weight is 275 g/mol. The Balaban J connectivity index is 2.12. The molecule has 1 unspecified atom stereocenters. The van der Waals surface area contributed by atoms with E-state index in [0.717, 1.165) is 31.5 Å². The summed E-state index contributed by atoms with van der Waals surface area (Å²) < 4.78 is 0. The van der Waals surface area contributed by atoms with Crippen molar-refractivity contribution in [2.75, 3.05) is 13.6 Å². The summed E-state index contributed by atoms with van der Waals surface area (Å²) in [5.74, 6) is 0.140. The number of carbonyl (C=O) groups is 1. The number of amides is 1. The molecule has 1 aromatic carbocycles. The van der Waals surface area contributed by atoms with Gasteiger partial charge in [-0.25, -0.2) is 0 Å². The van der Waals surface area contributed by atoms with E-state index in [4.69, 9.17) is 5.73 Å². The van der Waals surface area contributed by atoms with E-state index in [1.165, 1.54) is 17.5 Å². The van der Waals surface area contributed by atoms with Crippen LogP contribution in [-0.4, -0.2) is 30.4 Å². The van der Waals surface area contributed by atoms with Gasteiger partial charge < -0.3 is 11.1 Å². The van der Waals surface area contributed by atoms with Gasteiger partial charge in [0, 0.05) is 20.1 Å². The number of likely N-dealkylation sites (N-methyl/N-ethyl adjacent to an activating group) is 1. The molecule has 110 valence electrons. The molecule has 1 aliphatic heterocycles. The predicted molar refractivity (Wildman–Crippen MR) is 81.2 cm³/mol. The van der Waals surface area contributed by atoms with Crippen LogP contribution in [0.25, 0.3) is 0 Å². The average Bonchev–Trinajstić information content (AvgIpc) is 2.49. The highest BCUT2D eigenvalue weighted by molar-refractivity contribution is 5.81. The van der Waals surface area contributed by atoms with Crippen LogP contribution in [0.5, 0.6) is 0 Å². The molecular weight excluding hydrogens is 250 g/mol. The Labute approximate surface area is 121 Å². The first-order valence-electron chi connectivity index (χ1n) is 7.40. The minimum atomic E-state index is 0.0161. The summed E-state index contributed by atoms with van der Waals surface area (Å²) in [6, 6.07) is 6.39. The molecule has 3 N–H and O–H groups in total. The van der Waals surface area contributed by atoms with Gasteiger partial charge in [0.2, 0.25) is 5.91 Å². The zero-order chi connectivity index (χ0) is 14.5. The first kappa shape index (κ1) is 15.0. The smallest absolute Gasteiger partial charge is 0.237 e. The van der Waals surface area contributed by atoms with E-state index in [0.29, 0.717) is 6.54 Å². The number of rotatable bonds is 4. The van der Waals surface area contributed by atoms with Gasteiger partial charge in [0.25, 0.3) is 0 Å². The fraction of sp³-hybridized carbons (Fsp3) is 0.562. The predicted octanol–water partition coefficient (Wildman–Crippen LogP) is 1.55. The molecule has 1 atom stereocenters. The molecule has 0 aromatic heterocycles. The van der Waals surface area contributed by atoms with Gasteiger partial charge >= 0.3 is 0 Å². The lowest BCUT2D eigenvalue weighted by molar-refractivity contribution is -0.127. The SMILES string of the molecule is CNC(=O)C1CCCCN1Cc1ccc(CN)cc1C. The second kappa shape index (κ2) is 6.86. The molecule has 2 rings (SSSR count). The lowest BCUT2D eigenvalue weighted by Gasteiger charge is -2.34. The quantitative estimate of drug-likeness (QED) is 0.876. The molecule has 0 spiro atoms. The van der Waals surface area contributed by atoms with Crippen LogP contribution in [0.2, 0.25) is 0 Å². The molecule has 1 saturated heterocycles. The van der Waals surface area contributed by atoms with Crippen LogP contribution in [0.1, 0.15) is 36.0 Å². The standard InChI is InChI=1S/C16H25N3O/c1-12-9-13(10-17)6-7-14(12)11-19-8-4-3-5-15(19)16(20)18-2/h6-7,9,15H,3-5,8,10-11,17H2,1-2H3,(H,18,20). The van der Waals surface area contributed by atoms with E-state index in [2.05, 4.69) is 35.3 Å². The van der Waals surface area contributed by atoms with Gasteiger partial charge in [0.1, 0.15) is 0 Å². The topological polar surface area (TPSA) is 58.4 Å². The van der Waals surface area contributed by atoms with Crippen molar-refractivity contribution in [2.45, 2.75) is 45.3 Å². The number of nitrogens with one attached hydrogen (secondary N) is 1. The van der Waals surface area contributed by atoms with Crippen molar-refractivity contribution < 1.29 is 4.79 Å². The fourth-order valence-electron chi connectivity index (χ4n) is 2.92. The van der Waals surface area contributed by atoms with Crippen LogP contribution in [0.4, 0.5) is 0 Å². The van der Waals surface area contributed by atoms with Crippen molar-refractivity contribution in [3.05, 3.63) is 34.9 Å². The van der Waals surface area contributed by atoms with Crippen molar-refractivity contribution in [2.24, 2.45) is 5.73 Å². The third-order valence-corrected chi connectivity index (χ3v) is 4.18. The maximum Gasteiger partial charge on any atom is 0.237 e. The summed E-state index contributed by atoms with van der Waals surface area (Å²) in [7, 11) is 1.72. The van der Waals surface area contributed by atoms with E-state index in [-0.39, 0.29) is 11.9 Å². The van der Waals surface area contributed by atoms with Crippen molar-refractivity contribution in [1.82, 2.24) is 10.2 Å². The zero-order valence-electron chi connectivity index (χ0n) is 12.5. The molecule has 4 nitrogen and oxygen atoms in total. The van der Waals surface area contributed by atoms with E-state index >= 15 is 0 Å². The number of piperidine rings is 1. The molecule has 20 heavy (non-hydrogen) atoms. The van der Waals surface area contributed by atoms with Crippen molar-refractivity contribution >= 4 is 5.91 Å². The zero-order valence-corrected chi connectivity index (χ0v) is 12.5. The fourth-order valence-corrected chi connectivity index (χ4v) is 2.92.